The molecule has 0 N–H and O–H groups in total. The molecule has 0 aliphatic rings. The third-order valence-electron chi connectivity index (χ3n) is 0.827. The largest absolute Gasteiger partial charge is 0.106 e. The molecule has 0 aliphatic carbocycles. The second-order valence-corrected chi connectivity index (χ2v) is 1.79. The van der Waals surface area contributed by atoms with Crippen LogP contribution in [-0.2, 0) is 0 Å². The van der Waals surface area contributed by atoms with Crippen molar-refractivity contribution in [1.82, 2.24) is 0 Å². The highest BCUT2D eigenvalue weighted by molar-refractivity contribution is 4.85. The number of rotatable bonds is 3. The molecule has 0 rings (SSSR count). The summed E-state index contributed by atoms with van der Waals surface area (Å²) in [6.45, 7) is 17.1. The minimum Gasteiger partial charge on any atom is -0.106 e. The first-order valence-electron chi connectivity index (χ1n) is 4.16. The molecule has 0 radical (unpaired) electrons. The second kappa shape index (κ2) is 32.5. The Morgan fingerprint density at radius 2 is 1.50 bits per heavy atom. The van der Waals surface area contributed by atoms with E-state index in [-0.39, 0.29) is 0 Å². The molecule has 0 amide bonds. The molecule has 70 valence electrons. The van der Waals surface area contributed by atoms with E-state index in [1.54, 1.807) is 0 Å². The highest BCUT2D eigenvalue weighted by Crippen LogP contribution is 1.78. The summed E-state index contributed by atoms with van der Waals surface area (Å²) in [5.41, 5.74) is 0. The van der Waals surface area contributed by atoms with Gasteiger partial charge in [0.15, 0.2) is 0 Å². The first kappa shape index (κ1) is 17.2. The lowest BCUT2D eigenvalue weighted by Gasteiger charge is -1.69. The molecule has 0 aromatic carbocycles. The Labute approximate surface area is 78.0 Å². The van der Waals surface area contributed by atoms with Crippen LogP contribution in [0.2, 0.25) is 0 Å². The average Bonchev–Trinajstić information content (AvgIpc) is 2.18. The van der Waals surface area contributed by atoms with Gasteiger partial charge in [-0.2, -0.15) is 0 Å². The molecule has 0 atom stereocenters. The second-order valence-electron chi connectivity index (χ2n) is 1.79. The predicted molar refractivity (Wildman–Crippen MR) is 61.4 cm³/mol. The van der Waals surface area contributed by atoms with Crippen molar-refractivity contribution in [1.29, 1.82) is 0 Å². The van der Waals surface area contributed by atoms with E-state index in [0.29, 0.717) is 0 Å². The van der Waals surface area contributed by atoms with E-state index >= 15 is 0 Å². The standard InChI is InChI=1S/C6H10.C4H8.C2H4/c1-3-5-6-4-2;1-3-4-2;1-2/h3-4,6H,1,5H2,2H3;3H,1,4H2,2H3;1-2H2/b6-4+;;. The van der Waals surface area contributed by atoms with Crippen LogP contribution in [0.3, 0.4) is 0 Å². The summed E-state index contributed by atoms with van der Waals surface area (Å²) in [7, 11) is 0. The van der Waals surface area contributed by atoms with E-state index in [2.05, 4.69) is 39.3 Å². The third-order valence-corrected chi connectivity index (χ3v) is 0.827. The Hall–Kier alpha value is -1.04. The third kappa shape index (κ3) is 64.8. The fourth-order valence-corrected chi connectivity index (χ4v) is 0.232. The fraction of sp³-hybridized carbons (Fsp3) is 0.333. The van der Waals surface area contributed by atoms with Gasteiger partial charge in [-0.3, -0.25) is 0 Å². The van der Waals surface area contributed by atoms with Gasteiger partial charge in [-0.25, -0.2) is 0 Å². The molecule has 0 spiro atoms. The Balaban J connectivity index is -0.000000118. The smallest absolute Gasteiger partial charge is 0.0172 e. The van der Waals surface area contributed by atoms with Crippen molar-refractivity contribution < 1.29 is 0 Å². The topological polar surface area (TPSA) is 0 Å². The summed E-state index contributed by atoms with van der Waals surface area (Å²) in [6.07, 6.45) is 9.91. The van der Waals surface area contributed by atoms with Gasteiger partial charge in [0.05, 0.1) is 0 Å². The maximum Gasteiger partial charge on any atom is -0.0172 e. The number of hydrogen-bond donors (Lipinski definition) is 0. The Kier molecular flexibility index (Phi) is 46.5. The van der Waals surface area contributed by atoms with Crippen LogP contribution < -0.4 is 0 Å². The summed E-state index contributed by atoms with van der Waals surface area (Å²) in [5, 5.41) is 0. The van der Waals surface area contributed by atoms with Crippen molar-refractivity contribution >= 4 is 0 Å². The van der Waals surface area contributed by atoms with Gasteiger partial charge in [-0.1, -0.05) is 31.2 Å². The quantitative estimate of drug-likeness (QED) is 0.541. The van der Waals surface area contributed by atoms with Crippen LogP contribution in [0, 0.1) is 0 Å². The maximum absolute atomic E-state index is 3.55. The summed E-state index contributed by atoms with van der Waals surface area (Å²) in [5.74, 6) is 0. The SMILES string of the molecule is C=C.C=CC/C=C/C.C=CCC. The first-order chi connectivity index (χ1) is 5.83. The minimum atomic E-state index is 0.997. The Morgan fingerprint density at radius 3 is 1.58 bits per heavy atom. The van der Waals surface area contributed by atoms with Gasteiger partial charge in [0.1, 0.15) is 0 Å². The maximum atomic E-state index is 3.55. The van der Waals surface area contributed by atoms with Crippen LogP contribution in [0.25, 0.3) is 0 Å². The molecular formula is C12H22. The van der Waals surface area contributed by atoms with E-state index in [0.717, 1.165) is 12.8 Å². The first-order valence-corrected chi connectivity index (χ1v) is 4.16. The Morgan fingerprint density at radius 1 is 1.08 bits per heavy atom. The van der Waals surface area contributed by atoms with Crippen LogP contribution in [0.4, 0.5) is 0 Å². The molecule has 0 aliphatic heterocycles. The van der Waals surface area contributed by atoms with Crippen LogP contribution >= 0.6 is 0 Å². The zero-order valence-corrected chi connectivity index (χ0v) is 8.55. The van der Waals surface area contributed by atoms with Crippen LogP contribution in [0.1, 0.15) is 26.7 Å². The molecule has 0 nitrogen and oxygen atoms in total. The summed E-state index contributed by atoms with van der Waals surface area (Å²) in [6, 6.07) is 0. The lowest BCUT2D eigenvalue weighted by Crippen LogP contribution is -1.48. The van der Waals surface area contributed by atoms with Crippen LogP contribution in [0.15, 0.2) is 50.6 Å². The molecule has 0 heteroatoms. The summed E-state index contributed by atoms with van der Waals surface area (Å²) >= 11 is 0. The lowest BCUT2D eigenvalue weighted by atomic mass is 10.4. The lowest BCUT2D eigenvalue weighted by molar-refractivity contribution is 1.23. The van der Waals surface area contributed by atoms with Crippen molar-refractivity contribution in [3.8, 4) is 0 Å². The van der Waals surface area contributed by atoms with Gasteiger partial charge < -0.3 is 0 Å². The van der Waals surface area contributed by atoms with Crippen LogP contribution in [-0.4, -0.2) is 0 Å². The van der Waals surface area contributed by atoms with Crippen molar-refractivity contribution in [3.63, 3.8) is 0 Å². The molecule has 0 saturated heterocycles. The van der Waals surface area contributed by atoms with Crippen molar-refractivity contribution in [3.05, 3.63) is 50.6 Å². The van der Waals surface area contributed by atoms with E-state index < -0.39 is 0 Å². The summed E-state index contributed by atoms with van der Waals surface area (Å²) in [4.78, 5) is 0. The van der Waals surface area contributed by atoms with Crippen molar-refractivity contribution in [2.45, 2.75) is 26.7 Å². The molecule has 0 bridgehead atoms. The Bertz CT molecular complexity index is 98.6. The fourth-order valence-electron chi connectivity index (χ4n) is 0.232. The number of allylic oxidation sites excluding steroid dienone is 4. The molecule has 0 aromatic heterocycles. The van der Waals surface area contributed by atoms with Gasteiger partial charge in [-0.05, 0) is 19.8 Å². The van der Waals surface area contributed by atoms with Crippen molar-refractivity contribution in [2.75, 3.05) is 0 Å². The van der Waals surface area contributed by atoms with Gasteiger partial charge in [0, 0.05) is 0 Å². The molecule has 0 fully saturated rings. The van der Waals surface area contributed by atoms with E-state index in [4.69, 9.17) is 0 Å². The van der Waals surface area contributed by atoms with Crippen molar-refractivity contribution in [2.24, 2.45) is 0 Å². The van der Waals surface area contributed by atoms with E-state index in [1.165, 1.54) is 0 Å². The predicted octanol–water partition coefficient (Wildman–Crippen LogP) is 4.52. The molecule has 0 saturated carbocycles. The zero-order valence-electron chi connectivity index (χ0n) is 8.55. The van der Waals surface area contributed by atoms with Gasteiger partial charge in [-0.15, -0.1) is 26.3 Å². The van der Waals surface area contributed by atoms with Gasteiger partial charge in [0.2, 0.25) is 0 Å². The normalized spacial score (nSPS) is 7.17. The van der Waals surface area contributed by atoms with E-state index in [1.807, 2.05) is 25.2 Å². The van der Waals surface area contributed by atoms with Crippen LogP contribution in [0.5, 0.6) is 0 Å². The molecule has 0 unspecified atom stereocenters. The number of hydrogen-bond acceptors (Lipinski definition) is 0. The monoisotopic (exact) mass is 166 g/mol. The molecular weight excluding hydrogens is 144 g/mol. The average molecular weight is 166 g/mol. The zero-order chi connectivity index (χ0) is 10.2. The molecule has 0 heterocycles. The van der Waals surface area contributed by atoms with Gasteiger partial charge in [0.25, 0.3) is 0 Å². The summed E-state index contributed by atoms with van der Waals surface area (Å²) < 4.78 is 0. The minimum absolute atomic E-state index is 0.997. The molecule has 0 aromatic rings. The molecule has 12 heavy (non-hydrogen) atoms. The van der Waals surface area contributed by atoms with Gasteiger partial charge >= 0.3 is 0 Å². The highest BCUT2D eigenvalue weighted by Gasteiger charge is 1.57. The van der Waals surface area contributed by atoms with E-state index in [9.17, 15) is 0 Å². The highest BCUT2D eigenvalue weighted by atomic mass is 13.6.